The summed E-state index contributed by atoms with van der Waals surface area (Å²) in [5.74, 6) is 1.24. The van der Waals surface area contributed by atoms with E-state index in [1.807, 2.05) is 49.6 Å². The standard InChI is InChI=1S/C28H33N5O3/c1-17(2)36-16-18(3)33-14-22(15-33)24-8-9-25(30-29-24)23-7-6-19(11-26(23)34)20-10-21-13-32(4)31-28(21)27(12-20)35-5/h6-13,17-18,22,34H,14-16H2,1-5H3. The van der Waals surface area contributed by atoms with Crippen LogP contribution in [-0.4, -0.2) is 68.9 Å². The van der Waals surface area contributed by atoms with Crippen molar-refractivity contribution in [3.63, 3.8) is 0 Å². The first kappa shape index (κ1) is 24.2. The van der Waals surface area contributed by atoms with Crippen molar-refractivity contribution in [3.8, 4) is 33.9 Å². The Hall–Kier alpha value is -3.49. The van der Waals surface area contributed by atoms with Crippen molar-refractivity contribution in [1.82, 2.24) is 24.9 Å². The molecule has 1 fully saturated rings. The number of aryl methyl sites for hydroxylation is 1. The lowest BCUT2D eigenvalue weighted by Gasteiger charge is -2.42. The molecule has 0 radical (unpaired) electrons. The summed E-state index contributed by atoms with van der Waals surface area (Å²) in [5.41, 5.74) is 4.93. The predicted molar refractivity (Wildman–Crippen MR) is 140 cm³/mol. The Balaban J connectivity index is 1.30. The molecule has 188 valence electrons. The highest BCUT2D eigenvalue weighted by atomic mass is 16.5. The van der Waals surface area contributed by atoms with Gasteiger partial charge in [0.1, 0.15) is 17.0 Å². The van der Waals surface area contributed by atoms with E-state index in [0.29, 0.717) is 29.0 Å². The van der Waals surface area contributed by atoms with Crippen molar-refractivity contribution in [2.24, 2.45) is 7.05 Å². The molecule has 4 aromatic rings. The number of hydrogen-bond acceptors (Lipinski definition) is 7. The minimum absolute atomic E-state index is 0.161. The molecule has 1 N–H and O–H groups in total. The Morgan fingerprint density at radius 3 is 2.50 bits per heavy atom. The molecule has 0 amide bonds. The highest BCUT2D eigenvalue weighted by Crippen LogP contribution is 2.36. The molecule has 0 aliphatic carbocycles. The number of benzene rings is 2. The van der Waals surface area contributed by atoms with Crippen molar-refractivity contribution < 1.29 is 14.6 Å². The molecule has 8 nitrogen and oxygen atoms in total. The highest BCUT2D eigenvalue weighted by molar-refractivity contribution is 5.90. The fourth-order valence-electron chi connectivity index (χ4n) is 4.67. The molecule has 2 aromatic carbocycles. The molecule has 1 unspecified atom stereocenters. The van der Waals surface area contributed by atoms with Crippen LogP contribution in [-0.2, 0) is 11.8 Å². The average molecular weight is 488 g/mol. The fourth-order valence-corrected chi connectivity index (χ4v) is 4.67. The lowest BCUT2D eigenvalue weighted by atomic mass is 9.94. The van der Waals surface area contributed by atoms with Crippen LogP contribution in [0.5, 0.6) is 11.5 Å². The molecule has 1 aliphatic heterocycles. The number of likely N-dealkylation sites (tertiary alicyclic amines) is 1. The van der Waals surface area contributed by atoms with Crippen LogP contribution >= 0.6 is 0 Å². The van der Waals surface area contributed by atoms with Gasteiger partial charge in [-0.25, -0.2) is 0 Å². The maximum atomic E-state index is 10.8. The van der Waals surface area contributed by atoms with E-state index in [2.05, 4.69) is 41.0 Å². The predicted octanol–water partition coefficient (Wildman–Crippen LogP) is 4.62. The Kier molecular flexibility index (Phi) is 6.64. The van der Waals surface area contributed by atoms with E-state index in [-0.39, 0.29) is 11.9 Å². The van der Waals surface area contributed by atoms with Gasteiger partial charge in [-0.3, -0.25) is 9.58 Å². The Labute approximate surface area is 211 Å². The third-order valence-electron chi connectivity index (χ3n) is 6.82. The minimum Gasteiger partial charge on any atom is -0.507 e. The number of fused-ring (bicyclic) bond motifs is 1. The van der Waals surface area contributed by atoms with E-state index in [1.165, 1.54) is 0 Å². The number of nitrogens with zero attached hydrogens (tertiary/aromatic N) is 5. The third-order valence-corrected chi connectivity index (χ3v) is 6.82. The van der Waals surface area contributed by atoms with E-state index < -0.39 is 0 Å². The van der Waals surface area contributed by atoms with Gasteiger partial charge in [0.2, 0.25) is 0 Å². The minimum atomic E-state index is 0.161. The zero-order valence-electron chi connectivity index (χ0n) is 21.5. The van der Waals surface area contributed by atoms with Crippen molar-refractivity contribution >= 4 is 10.9 Å². The maximum Gasteiger partial charge on any atom is 0.147 e. The van der Waals surface area contributed by atoms with Gasteiger partial charge in [0, 0.05) is 49.2 Å². The van der Waals surface area contributed by atoms with Crippen LogP contribution in [0.15, 0.2) is 48.7 Å². The normalized spacial score (nSPS) is 15.4. The summed E-state index contributed by atoms with van der Waals surface area (Å²) in [6.07, 6.45) is 2.20. The van der Waals surface area contributed by atoms with Crippen molar-refractivity contribution in [2.75, 3.05) is 26.8 Å². The van der Waals surface area contributed by atoms with Crippen LogP contribution in [0.2, 0.25) is 0 Å². The van der Waals surface area contributed by atoms with Gasteiger partial charge in [-0.15, -0.1) is 0 Å². The Morgan fingerprint density at radius 2 is 1.83 bits per heavy atom. The fraction of sp³-hybridized carbons (Fsp3) is 0.393. The van der Waals surface area contributed by atoms with E-state index in [1.54, 1.807) is 17.9 Å². The second kappa shape index (κ2) is 9.87. The lowest BCUT2D eigenvalue weighted by molar-refractivity contribution is 0.00245. The van der Waals surface area contributed by atoms with Gasteiger partial charge >= 0.3 is 0 Å². The average Bonchev–Trinajstić information content (AvgIpc) is 3.21. The molecule has 2 aromatic heterocycles. The number of methoxy groups -OCH3 is 1. The third kappa shape index (κ3) is 4.79. The van der Waals surface area contributed by atoms with Gasteiger partial charge in [0.25, 0.3) is 0 Å². The van der Waals surface area contributed by atoms with E-state index in [0.717, 1.165) is 47.4 Å². The van der Waals surface area contributed by atoms with Crippen molar-refractivity contribution in [1.29, 1.82) is 0 Å². The van der Waals surface area contributed by atoms with Crippen LogP contribution in [0.4, 0.5) is 0 Å². The van der Waals surface area contributed by atoms with Gasteiger partial charge in [0.05, 0.1) is 31.2 Å². The van der Waals surface area contributed by atoms with Crippen molar-refractivity contribution in [2.45, 2.75) is 38.8 Å². The number of phenols is 1. The number of ether oxygens (including phenoxy) is 2. The molecule has 1 atom stereocenters. The van der Waals surface area contributed by atoms with E-state index in [9.17, 15) is 5.11 Å². The summed E-state index contributed by atoms with van der Waals surface area (Å²) in [6.45, 7) is 8.99. The maximum absolute atomic E-state index is 10.8. The zero-order valence-corrected chi connectivity index (χ0v) is 21.5. The van der Waals surface area contributed by atoms with Crippen LogP contribution in [0.3, 0.4) is 0 Å². The number of aromatic hydroxyl groups is 1. The molecule has 1 saturated heterocycles. The van der Waals surface area contributed by atoms with Gasteiger partial charge in [-0.2, -0.15) is 15.3 Å². The first-order chi connectivity index (χ1) is 17.3. The molecule has 0 bridgehead atoms. The molecule has 36 heavy (non-hydrogen) atoms. The summed E-state index contributed by atoms with van der Waals surface area (Å²) in [5, 5.41) is 25.2. The second-order valence-corrected chi connectivity index (χ2v) is 9.88. The summed E-state index contributed by atoms with van der Waals surface area (Å²) in [7, 11) is 3.52. The lowest BCUT2D eigenvalue weighted by Crippen LogP contribution is -2.51. The van der Waals surface area contributed by atoms with Crippen LogP contribution in [0.1, 0.15) is 32.4 Å². The van der Waals surface area contributed by atoms with Gasteiger partial charge < -0.3 is 14.6 Å². The molecular weight excluding hydrogens is 454 g/mol. The summed E-state index contributed by atoms with van der Waals surface area (Å²) in [6, 6.07) is 14.0. The number of rotatable bonds is 8. The highest BCUT2D eigenvalue weighted by Gasteiger charge is 2.32. The van der Waals surface area contributed by atoms with E-state index in [4.69, 9.17) is 9.47 Å². The molecule has 0 spiro atoms. The first-order valence-electron chi connectivity index (χ1n) is 12.4. The Morgan fingerprint density at radius 1 is 1.03 bits per heavy atom. The summed E-state index contributed by atoms with van der Waals surface area (Å²) < 4.78 is 13.1. The molecule has 8 heteroatoms. The van der Waals surface area contributed by atoms with Crippen LogP contribution in [0, 0.1) is 0 Å². The smallest absolute Gasteiger partial charge is 0.147 e. The topological polar surface area (TPSA) is 85.5 Å². The van der Waals surface area contributed by atoms with Crippen LogP contribution < -0.4 is 4.74 Å². The number of hydrogen-bond donors (Lipinski definition) is 1. The van der Waals surface area contributed by atoms with Gasteiger partial charge in [0.15, 0.2) is 0 Å². The van der Waals surface area contributed by atoms with Gasteiger partial charge in [-0.1, -0.05) is 6.07 Å². The van der Waals surface area contributed by atoms with Crippen molar-refractivity contribution in [3.05, 3.63) is 54.4 Å². The summed E-state index contributed by atoms with van der Waals surface area (Å²) in [4.78, 5) is 2.41. The van der Waals surface area contributed by atoms with E-state index >= 15 is 0 Å². The first-order valence-corrected chi connectivity index (χ1v) is 12.4. The number of aromatic nitrogens is 4. The molecule has 5 rings (SSSR count). The monoisotopic (exact) mass is 487 g/mol. The molecular formula is C28H33N5O3. The molecule has 3 heterocycles. The van der Waals surface area contributed by atoms with Crippen LogP contribution in [0.25, 0.3) is 33.3 Å². The Bertz CT molecular complexity index is 1360. The number of phenolic OH excluding ortho intramolecular Hbond substituents is 1. The van der Waals surface area contributed by atoms with Gasteiger partial charge in [-0.05, 0) is 68.3 Å². The summed E-state index contributed by atoms with van der Waals surface area (Å²) >= 11 is 0. The zero-order chi connectivity index (χ0) is 25.4. The molecule has 1 aliphatic rings. The second-order valence-electron chi connectivity index (χ2n) is 9.88. The largest absolute Gasteiger partial charge is 0.507 e. The quantitative estimate of drug-likeness (QED) is 0.388. The SMILES string of the molecule is COc1cc(-c2ccc(-c3ccc(C4CN(C(C)COC(C)C)C4)nn3)c(O)c2)cc2cn(C)nc12. The molecule has 0 saturated carbocycles.